The molecular weight excluding hydrogens is 789 g/mol. The van der Waals surface area contributed by atoms with Crippen LogP contribution in [0.3, 0.4) is 0 Å². The maximum absolute atomic E-state index is 12.7. The second-order valence-corrected chi connectivity index (χ2v) is 16.7. The van der Waals surface area contributed by atoms with E-state index < -0.39 is 11.9 Å². The van der Waals surface area contributed by atoms with Gasteiger partial charge in [0.2, 0.25) is 11.8 Å². The summed E-state index contributed by atoms with van der Waals surface area (Å²) >= 11 is 1.88. The van der Waals surface area contributed by atoms with Crippen LogP contribution in [0, 0.1) is 0 Å². The normalized spacial score (nSPS) is 22.4. The monoisotopic (exact) mass is 852 g/mol. The fourth-order valence-corrected chi connectivity index (χ4v) is 9.38. The molecule has 0 aromatic heterocycles. The zero-order valence-corrected chi connectivity index (χ0v) is 34.7. The van der Waals surface area contributed by atoms with Gasteiger partial charge in [-0.15, -0.1) is 0 Å². The number of amides is 4. The Morgan fingerprint density at radius 2 is 1.39 bits per heavy atom. The quantitative estimate of drug-likeness (QED) is 0.0316. The molecule has 59 heavy (non-hydrogen) atoms. The molecule has 4 amide bonds. The Labute approximate surface area is 350 Å². The second-order valence-electron chi connectivity index (χ2n) is 15.5. The molecule has 0 aliphatic carbocycles. The van der Waals surface area contributed by atoms with Gasteiger partial charge in [0.25, 0.3) is 0 Å². The fraction of sp³-hybridized carbons (Fsp3) is 0.718. The third kappa shape index (κ3) is 18.3. The van der Waals surface area contributed by atoms with Crippen molar-refractivity contribution in [3.8, 4) is 0 Å². The molecule has 3 heterocycles. The minimum absolute atomic E-state index is 0.0338. The lowest BCUT2D eigenvalue weighted by Crippen LogP contribution is -2.53. The van der Waals surface area contributed by atoms with E-state index in [4.69, 9.17) is 10.5 Å². The first-order valence-electron chi connectivity index (χ1n) is 20.7. The molecule has 0 bridgehead atoms. The van der Waals surface area contributed by atoms with Crippen molar-refractivity contribution in [2.24, 2.45) is 0 Å². The molecule has 0 spiro atoms. The number of anilines is 1. The molecule has 4 atom stereocenters. The van der Waals surface area contributed by atoms with E-state index in [1.165, 1.54) is 0 Å². The van der Waals surface area contributed by atoms with E-state index in [-0.39, 0.29) is 68.8 Å². The average molecular weight is 853 g/mol. The standard InChI is InChI=1S/C39H64N8O11S/c48-34(7-4-3-6-33-38-32(28-59-33)42-39(54)43-38)40-13-5-1-2-8-35(49)41-30-11-9-29(10-12-30)24-31-25-46(26-36(50)51)17-16-44(20-22-57-55)14-15-45(21-23-58-56)18-19-47(31)27-37(52)53/h9-12,31-33,38,55-56H,1-8,13-28H2,(H,40,48)(H,41,49)(H,50,51)(H,52,53)(H2,42,43,54). The van der Waals surface area contributed by atoms with Crippen LogP contribution in [-0.2, 0) is 35.4 Å². The van der Waals surface area contributed by atoms with E-state index in [1.54, 1.807) is 17.0 Å². The SMILES string of the molecule is O=C(O)CN1CCN(CCOO)CCN(CCOO)CCN(CC(=O)O)C(Cc2ccc(NC(=O)CCCCCNC(=O)CCCCC3SCC4NC(=O)NC43)cc2)C1. The number of carboxylic acid groups (broad SMARTS) is 2. The van der Waals surface area contributed by atoms with E-state index in [2.05, 4.69) is 40.8 Å². The number of thioether (sulfide) groups is 1. The van der Waals surface area contributed by atoms with Crippen molar-refractivity contribution in [2.45, 2.75) is 81.2 Å². The number of carbonyl (C=O) groups is 5. The van der Waals surface area contributed by atoms with Gasteiger partial charge < -0.3 is 31.5 Å². The molecule has 8 N–H and O–H groups in total. The van der Waals surface area contributed by atoms with E-state index in [9.17, 15) is 34.2 Å². The van der Waals surface area contributed by atoms with E-state index in [1.807, 2.05) is 28.8 Å². The number of carbonyl (C=O) groups excluding carboxylic acids is 3. The molecule has 0 radical (unpaired) electrons. The van der Waals surface area contributed by atoms with Crippen molar-refractivity contribution in [1.82, 2.24) is 35.6 Å². The molecule has 1 aromatic carbocycles. The maximum atomic E-state index is 12.7. The number of hydrogen-bond acceptors (Lipinski definition) is 14. The first-order chi connectivity index (χ1) is 28.5. The summed E-state index contributed by atoms with van der Waals surface area (Å²) < 4.78 is 0. The predicted molar refractivity (Wildman–Crippen MR) is 221 cm³/mol. The molecule has 4 unspecified atom stereocenters. The summed E-state index contributed by atoms with van der Waals surface area (Å²) in [6.07, 6.45) is 6.21. The summed E-state index contributed by atoms with van der Waals surface area (Å²) in [5.74, 6) is -1.16. The molecule has 3 aliphatic heterocycles. The lowest BCUT2D eigenvalue weighted by molar-refractivity contribution is -0.245. The highest BCUT2D eigenvalue weighted by molar-refractivity contribution is 8.00. The molecule has 4 rings (SSSR count). The summed E-state index contributed by atoms with van der Waals surface area (Å²) in [4.78, 5) is 77.0. The Morgan fingerprint density at radius 1 is 0.763 bits per heavy atom. The van der Waals surface area contributed by atoms with Crippen LogP contribution in [0.2, 0.25) is 0 Å². The van der Waals surface area contributed by atoms with Gasteiger partial charge in [-0.1, -0.05) is 25.0 Å². The van der Waals surface area contributed by atoms with Crippen molar-refractivity contribution in [1.29, 1.82) is 0 Å². The maximum Gasteiger partial charge on any atom is 0.317 e. The summed E-state index contributed by atoms with van der Waals surface area (Å²) in [7, 11) is 0. The molecule has 20 heteroatoms. The number of hydrogen-bond donors (Lipinski definition) is 8. The van der Waals surface area contributed by atoms with Crippen molar-refractivity contribution in [3.63, 3.8) is 0 Å². The van der Waals surface area contributed by atoms with Crippen LogP contribution >= 0.6 is 11.8 Å². The molecule has 0 saturated carbocycles. The number of aliphatic carboxylic acids is 2. The third-order valence-corrected chi connectivity index (χ3v) is 12.5. The number of unbranched alkanes of at least 4 members (excludes halogenated alkanes) is 3. The van der Waals surface area contributed by atoms with E-state index >= 15 is 0 Å². The van der Waals surface area contributed by atoms with Gasteiger partial charge in [0.1, 0.15) is 0 Å². The highest BCUT2D eigenvalue weighted by Crippen LogP contribution is 2.33. The number of nitrogens with zero attached hydrogens (tertiary/aromatic N) is 4. The van der Waals surface area contributed by atoms with Gasteiger partial charge in [-0.3, -0.25) is 49.3 Å². The first-order valence-corrected chi connectivity index (χ1v) is 21.8. The van der Waals surface area contributed by atoms with Gasteiger partial charge in [-0.2, -0.15) is 11.8 Å². The minimum atomic E-state index is -1.01. The van der Waals surface area contributed by atoms with Crippen molar-refractivity contribution in [3.05, 3.63) is 29.8 Å². The van der Waals surface area contributed by atoms with Gasteiger partial charge in [0.15, 0.2) is 0 Å². The number of urea groups is 1. The molecule has 3 fully saturated rings. The first kappa shape index (κ1) is 48.1. The van der Waals surface area contributed by atoms with E-state index in [0.717, 1.165) is 43.4 Å². The van der Waals surface area contributed by atoms with Gasteiger partial charge in [-0.25, -0.2) is 14.6 Å². The number of rotatable bonds is 24. The zero-order valence-electron chi connectivity index (χ0n) is 33.9. The number of fused-ring (bicyclic) bond motifs is 1. The summed E-state index contributed by atoms with van der Waals surface area (Å²) in [5, 5.41) is 49.9. The van der Waals surface area contributed by atoms with Crippen molar-refractivity contribution in [2.75, 3.05) is 103 Å². The fourth-order valence-electron chi connectivity index (χ4n) is 7.84. The Hall–Kier alpha value is -3.60. The smallest absolute Gasteiger partial charge is 0.317 e. The highest BCUT2D eigenvalue weighted by Gasteiger charge is 2.42. The van der Waals surface area contributed by atoms with Crippen LogP contribution in [0.15, 0.2) is 24.3 Å². The lowest BCUT2D eigenvalue weighted by atomic mass is 10.0. The number of carboxylic acids is 2. The van der Waals surface area contributed by atoms with Crippen LogP contribution in [0.1, 0.15) is 56.9 Å². The Bertz CT molecular complexity index is 1460. The van der Waals surface area contributed by atoms with Gasteiger partial charge >= 0.3 is 18.0 Å². The van der Waals surface area contributed by atoms with Crippen LogP contribution < -0.4 is 21.3 Å². The summed E-state index contributed by atoms with van der Waals surface area (Å²) in [6.45, 7) is 4.21. The highest BCUT2D eigenvalue weighted by atomic mass is 32.2. The van der Waals surface area contributed by atoms with Crippen LogP contribution in [0.25, 0.3) is 0 Å². The van der Waals surface area contributed by atoms with Gasteiger partial charge in [0, 0.05) is 101 Å². The molecule has 1 aromatic rings. The minimum Gasteiger partial charge on any atom is -0.480 e. The lowest BCUT2D eigenvalue weighted by Gasteiger charge is -2.38. The summed E-state index contributed by atoms with van der Waals surface area (Å²) in [6, 6.07) is 7.31. The Kier molecular flexibility index (Phi) is 21.7. The molecule has 3 aliphatic rings. The topological polar surface area (TPSA) is 246 Å². The van der Waals surface area contributed by atoms with Gasteiger partial charge in [0.05, 0.1) is 38.4 Å². The van der Waals surface area contributed by atoms with Gasteiger partial charge in [-0.05, 0) is 49.8 Å². The Morgan fingerprint density at radius 3 is 2.05 bits per heavy atom. The van der Waals surface area contributed by atoms with Crippen LogP contribution in [0.5, 0.6) is 0 Å². The van der Waals surface area contributed by atoms with E-state index in [0.29, 0.717) is 95.5 Å². The molecule has 332 valence electrons. The summed E-state index contributed by atoms with van der Waals surface area (Å²) in [5.41, 5.74) is 1.52. The third-order valence-electron chi connectivity index (χ3n) is 11.0. The number of benzene rings is 1. The molecule has 3 saturated heterocycles. The molecule has 19 nitrogen and oxygen atoms in total. The zero-order chi connectivity index (χ0) is 42.4. The van der Waals surface area contributed by atoms with Crippen LogP contribution in [-0.4, -0.2) is 191 Å². The number of nitrogens with one attached hydrogen (secondary N) is 4. The van der Waals surface area contributed by atoms with Crippen molar-refractivity contribution < 1.29 is 54.5 Å². The van der Waals surface area contributed by atoms with Crippen LogP contribution in [0.4, 0.5) is 10.5 Å². The second kappa shape index (κ2) is 26.6. The Balaban J connectivity index is 1.22. The largest absolute Gasteiger partial charge is 0.480 e. The molecular formula is C39H64N8O11S. The average Bonchev–Trinajstić information content (AvgIpc) is 3.76. The van der Waals surface area contributed by atoms with Crippen molar-refractivity contribution >= 4 is 47.2 Å². The predicted octanol–water partition coefficient (Wildman–Crippen LogP) is 1.31.